The molecule has 0 radical (unpaired) electrons. The van der Waals surface area contributed by atoms with E-state index in [-0.39, 0.29) is 6.61 Å². The molecule has 1 aliphatic heterocycles. The van der Waals surface area contributed by atoms with Crippen molar-refractivity contribution in [2.45, 2.75) is 26.7 Å². The number of hydrogen-bond donors (Lipinski definition) is 0. The number of ether oxygens (including phenoxy) is 2. The minimum atomic E-state index is -3.26. The van der Waals surface area contributed by atoms with Gasteiger partial charge in [0.1, 0.15) is 12.0 Å². The van der Waals surface area contributed by atoms with Crippen molar-refractivity contribution in [3.05, 3.63) is 48.0 Å². The Balaban J connectivity index is 2.20. The Labute approximate surface area is 136 Å². The quantitative estimate of drug-likeness (QED) is 0.328. The average molecular weight is 336 g/mol. The maximum atomic E-state index is 13.3. The molecule has 0 amide bonds. The van der Waals surface area contributed by atoms with Crippen molar-refractivity contribution in [3.8, 4) is 5.75 Å². The molecule has 0 saturated carbocycles. The van der Waals surface area contributed by atoms with Crippen LogP contribution in [-0.2, 0) is 18.6 Å². The average Bonchev–Trinajstić information content (AvgIpc) is 2.55. The van der Waals surface area contributed by atoms with Crippen LogP contribution in [0.4, 0.5) is 0 Å². The van der Waals surface area contributed by atoms with Crippen molar-refractivity contribution >= 4 is 18.6 Å². The van der Waals surface area contributed by atoms with E-state index in [1.54, 1.807) is 31.2 Å². The number of allylic oxidation sites excluding steroid dienone is 2. The van der Waals surface area contributed by atoms with Crippen LogP contribution < -0.4 is 10.0 Å². The summed E-state index contributed by atoms with van der Waals surface area (Å²) in [4.78, 5) is 11.7. The summed E-state index contributed by atoms with van der Waals surface area (Å²) in [6, 6.07) is 7.03. The van der Waals surface area contributed by atoms with Gasteiger partial charge in [-0.15, -0.1) is 0 Å². The van der Waals surface area contributed by atoms with Crippen molar-refractivity contribution in [1.82, 2.24) is 0 Å². The molecule has 1 aromatic carbocycles. The van der Waals surface area contributed by atoms with Crippen LogP contribution in [-0.4, -0.2) is 19.2 Å². The van der Waals surface area contributed by atoms with E-state index < -0.39 is 13.3 Å². The zero-order valence-corrected chi connectivity index (χ0v) is 14.3. The van der Waals surface area contributed by atoms with Gasteiger partial charge in [0.15, 0.2) is 0 Å². The monoisotopic (exact) mass is 336 g/mol. The van der Waals surface area contributed by atoms with Crippen molar-refractivity contribution in [2.75, 3.05) is 13.2 Å². The molecule has 1 aliphatic rings. The van der Waals surface area contributed by atoms with Gasteiger partial charge in [0.2, 0.25) is 0 Å². The Bertz CT molecular complexity index is 663. The van der Waals surface area contributed by atoms with Crippen molar-refractivity contribution in [2.24, 2.45) is 0 Å². The lowest BCUT2D eigenvalue weighted by Gasteiger charge is -2.24. The minimum Gasteiger partial charge on any atom is -0.463 e. The third-order valence-electron chi connectivity index (χ3n) is 3.27. The number of fused-ring (bicyclic) bond motifs is 1. The van der Waals surface area contributed by atoms with Gasteiger partial charge in [0, 0.05) is 6.08 Å². The van der Waals surface area contributed by atoms with Crippen LogP contribution in [0.5, 0.6) is 5.75 Å². The topological polar surface area (TPSA) is 61.8 Å². The molecule has 0 aromatic heterocycles. The molecule has 23 heavy (non-hydrogen) atoms. The molecule has 1 heterocycles. The van der Waals surface area contributed by atoms with E-state index in [1.165, 1.54) is 18.4 Å². The predicted octanol–water partition coefficient (Wildman–Crippen LogP) is 3.76. The summed E-state index contributed by atoms with van der Waals surface area (Å²) in [6.07, 6.45) is 5.84. The molecule has 5 nitrogen and oxygen atoms in total. The molecule has 0 N–H and O–H groups in total. The number of unbranched alkanes of at least 4 members (excludes halogenated alkanes) is 1. The Hall–Kier alpha value is -1.84. The van der Waals surface area contributed by atoms with Crippen LogP contribution in [0.1, 0.15) is 26.7 Å². The van der Waals surface area contributed by atoms with E-state index in [0.29, 0.717) is 23.0 Å². The number of esters is 1. The second-order valence-corrected chi connectivity index (χ2v) is 7.31. The van der Waals surface area contributed by atoms with Gasteiger partial charge in [-0.25, -0.2) is 4.79 Å². The van der Waals surface area contributed by atoms with Gasteiger partial charge in [0.25, 0.3) is 7.37 Å². The van der Waals surface area contributed by atoms with Gasteiger partial charge >= 0.3 is 5.97 Å². The highest BCUT2D eigenvalue weighted by atomic mass is 31.2. The van der Waals surface area contributed by atoms with Crippen LogP contribution in [0.3, 0.4) is 0 Å². The van der Waals surface area contributed by atoms with Gasteiger partial charge < -0.3 is 14.0 Å². The number of para-hydroxylation sites is 1. The van der Waals surface area contributed by atoms with Gasteiger partial charge in [-0.05, 0) is 31.6 Å². The van der Waals surface area contributed by atoms with E-state index in [4.69, 9.17) is 14.0 Å². The first kappa shape index (κ1) is 17.5. The molecule has 0 fully saturated rings. The highest BCUT2D eigenvalue weighted by Gasteiger charge is 2.35. The summed E-state index contributed by atoms with van der Waals surface area (Å²) >= 11 is 0. The number of rotatable bonds is 7. The predicted molar refractivity (Wildman–Crippen MR) is 89.0 cm³/mol. The second-order valence-electron chi connectivity index (χ2n) is 4.95. The Kier molecular flexibility index (Phi) is 6.20. The van der Waals surface area contributed by atoms with Crippen molar-refractivity contribution in [1.29, 1.82) is 0 Å². The van der Waals surface area contributed by atoms with Crippen molar-refractivity contribution < 1.29 is 23.4 Å². The van der Waals surface area contributed by atoms with E-state index in [1.807, 2.05) is 6.92 Å². The number of hydrogen-bond acceptors (Lipinski definition) is 5. The zero-order valence-electron chi connectivity index (χ0n) is 13.4. The lowest BCUT2D eigenvalue weighted by Crippen LogP contribution is -2.16. The number of carbonyl (C=O) groups excluding carboxylic acids is 1. The van der Waals surface area contributed by atoms with Crippen LogP contribution in [0.15, 0.2) is 48.0 Å². The van der Waals surface area contributed by atoms with Gasteiger partial charge in [0.05, 0.1) is 23.8 Å². The first-order valence-corrected chi connectivity index (χ1v) is 9.30. The highest BCUT2D eigenvalue weighted by molar-refractivity contribution is 7.71. The smallest absolute Gasteiger partial charge is 0.330 e. The third-order valence-corrected chi connectivity index (χ3v) is 5.83. The van der Waals surface area contributed by atoms with Gasteiger partial charge in [-0.1, -0.05) is 25.5 Å². The summed E-state index contributed by atoms with van der Waals surface area (Å²) in [5, 5.41) is 0.842. The molecule has 0 aliphatic carbocycles. The van der Waals surface area contributed by atoms with Crippen LogP contribution in [0, 0.1) is 0 Å². The molecular formula is C17H21O5P. The Morgan fingerprint density at radius 2 is 2.09 bits per heavy atom. The van der Waals surface area contributed by atoms with E-state index in [9.17, 15) is 9.36 Å². The molecular weight excluding hydrogens is 315 g/mol. The van der Waals surface area contributed by atoms with Crippen LogP contribution in [0.25, 0.3) is 0 Å². The Morgan fingerprint density at radius 1 is 1.30 bits per heavy atom. The molecule has 0 bridgehead atoms. The summed E-state index contributed by atoms with van der Waals surface area (Å²) in [7, 11) is -3.26. The first-order chi connectivity index (χ1) is 11.1. The van der Waals surface area contributed by atoms with Crippen LogP contribution >= 0.6 is 7.37 Å². The van der Waals surface area contributed by atoms with E-state index in [2.05, 4.69) is 0 Å². The first-order valence-electron chi connectivity index (χ1n) is 7.68. The van der Waals surface area contributed by atoms with Gasteiger partial charge in [-0.2, -0.15) is 0 Å². The normalized spacial score (nSPS) is 19.8. The van der Waals surface area contributed by atoms with Crippen LogP contribution in [0.2, 0.25) is 0 Å². The van der Waals surface area contributed by atoms with E-state index in [0.717, 1.165) is 12.8 Å². The summed E-state index contributed by atoms with van der Waals surface area (Å²) in [5.41, 5.74) is 0. The fourth-order valence-corrected chi connectivity index (χ4v) is 4.21. The Morgan fingerprint density at radius 3 is 2.83 bits per heavy atom. The standard InChI is InChI=1S/C17H21O5P/c1-3-5-12-20-17(18)11-10-14-13-21-15-8-6-7-9-16(15)23(14,19)22-4-2/h6-11,13H,3-5,12H2,1-2H3/b11-10+. The molecule has 6 heteroatoms. The third kappa shape index (κ3) is 4.12. The second kappa shape index (κ2) is 8.14. The molecule has 0 spiro atoms. The molecule has 0 saturated heterocycles. The van der Waals surface area contributed by atoms with Crippen molar-refractivity contribution in [3.63, 3.8) is 0 Å². The summed E-state index contributed by atoms with van der Waals surface area (Å²) in [6.45, 7) is 4.46. The SMILES string of the molecule is CCCCOC(=O)/C=C/C1=COc2ccccc2P1(=O)OCC. The summed E-state index contributed by atoms with van der Waals surface area (Å²) < 4.78 is 29.4. The fraction of sp³-hybridized carbons (Fsp3) is 0.353. The number of benzene rings is 1. The highest BCUT2D eigenvalue weighted by Crippen LogP contribution is 2.57. The zero-order chi connectivity index (χ0) is 16.7. The maximum absolute atomic E-state index is 13.3. The molecule has 1 atom stereocenters. The summed E-state index contributed by atoms with van der Waals surface area (Å²) in [5.74, 6) is 0.0354. The maximum Gasteiger partial charge on any atom is 0.330 e. The molecule has 2 rings (SSSR count). The lowest BCUT2D eigenvalue weighted by molar-refractivity contribution is -0.137. The number of carbonyl (C=O) groups is 1. The fourth-order valence-electron chi connectivity index (χ4n) is 2.11. The molecule has 1 unspecified atom stereocenters. The molecule has 1 aromatic rings. The minimum absolute atomic E-state index is 0.289. The largest absolute Gasteiger partial charge is 0.463 e. The van der Waals surface area contributed by atoms with Gasteiger partial charge in [-0.3, -0.25) is 4.57 Å². The lowest BCUT2D eigenvalue weighted by atomic mass is 10.3. The molecule has 124 valence electrons. The van der Waals surface area contributed by atoms with E-state index >= 15 is 0 Å².